The molecule has 80 valence electrons. The van der Waals surface area contributed by atoms with Gasteiger partial charge < -0.3 is 9.15 Å². The van der Waals surface area contributed by atoms with E-state index in [1.54, 1.807) is 19.6 Å². The molecular weight excluding hydrogens is 204 g/mol. The minimum absolute atomic E-state index is 0.755. The number of methoxy groups -OCH3 is 1. The van der Waals surface area contributed by atoms with Crippen LogP contribution in [0, 0.1) is 0 Å². The Morgan fingerprint density at radius 1 is 1.38 bits per heavy atom. The Balaban J connectivity index is 2.21. The van der Waals surface area contributed by atoms with Gasteiger partial charge in [-0.25, -0.2) is 4.98 Å². The second-order valence-corrected chi connectivity index (χ2v) is 3.42. The first-order valence-electron chi connectivity index (χ1n) is 4.93. The fourth-order valence-corrected chi connectivity index (χ4v) is 1.69. The predicted molar refractivity (Wildman–Crippen MR) is 59.4 cm³/mol. The summed E-state index contributed by atoms with van der Waals surface area (Å²) in [6, 6.07) is 7.56. The molecule has 0 aliphatic carbocycles. The number of rotatable bonds is 2. The molecule has 0 bridgehead atoms. The van der Waals surface area contributed by atoms with E-state index >= 15 is 0 Å². The van der Waals surface area contributed by atoms with E-state index in [1.807, 2.05) is 34.9 Å². The summed E-state index contributed by atoms with van der Waals surface area (Å²) in [5.41, 5.74) is 0.978. The molecule has 0 aliphatic rings. The molecule has 4 nitrogen and oxygen atoms in total. The lowest BCUT2D eigenvalue weighted by atomic mass is 10.4. The summed E-state index contributed by atoms with van der Waals surface area (Å²) in [4.78, 5) is 4.33. The van der Waals surface area contributed by atoms with E-state index in [0.717, 1.165) is 22.9 Å². The van der Waals surface area contributed by atoms with Crippen LogP contribution in [0.1, 0.15) is 0 Å². The number of furan rings is 1. The Morgan fingerprint density at radius 3 is 3.06 bits per heavy atom. The highest BCUT2D eigenvalue weighted by Gasteiger charge is 2.08. The molecule has 0 saturated heterocycles. The average Bonchev–Trinajstić information content (AvgIpc) is 2.96. The van der Waals surface area contributed by atoms with Crippen molar-refractivity contribution < 1.29 is 9.15 Å². The van der Waals surface area contributed by atoms with Crippen LogP contribution in [0.25, 0.3) is 17.1 Å². The van der Waals surface area contributed by atoms with Gasteiger partial charge in [0.05, 0.1) is 25.1 Å². The zero-order valence-corrected chi connectivity index (χ0v) is 8.75. The van der Waals surface area contributed by atoms with Gasteiger partial charge in [0, 0.05) is 12.3 Å². The van der Waals surface area contributed by atoms with Gasteiger partial charge in [-0.3, -0.25) is 4.40 Å². The molecule has 0 amide bonds. The SMILES string of the molecule is COc1ccn2c(-c3ccco3)ncc2c1. The van der Waals surface area contributed by atoms with Crippen molar-refractivity contribution in [2.75, 3.05) is 7.11 Å². The van der Waals surface area contributed by atoms with Crippen LogP contribution in [-0.4, -0.2) is 16.5 Å². The van der Waals surface area contributed by atoms with Crippen molar-refractivity contribution in [2.45, 2.75) is 0 Å². The van der Waals surface area contributed by atoms with Crippen LogP contribution < -0.4 is 4.74 Å². The smallest absolute Gasteiger partial charge is 0.180 e. The lowest BCUT2D eigenvalue weighted by Gasteiger charge is -2.01. The van der Waals surface area contributed by atoms with Gasteiger partial charge in [0.15, 0.2) is 11.6 Å². The molecule has 16 heavy (non-hydrogen) atoms. The normalized spacial score (nSPS) is 10.8. The summed E-state index contributed by atoms with van der Waals surface area (Å²) in [7, 11) is 1.65. The minimum Gasteiger partial charge on any atom is -0.497 e. The number of aromatic nitrogens is 2. The molecule has 0 unspecified atom stereocenters. The second-order valence-electron chi connectivity index (χ2n) is 3.42. The van der Waals surface area contributed by atoms with Crippen molar-refractivity contribution >= 4 is 5.52 Å². The van der Waals surface area contributed by atoms with Gasteiger partial charge in [0.25, 0.3) is 0 Å². The van der Waals surface area contributed by atoms with E-state index in [1.165, 1.54) is 0 Å². The van der Waals surface area contributed by atoms with Crippen LogP contribution >= 0.6 is 0 Å². The van der Waals surface area contributed by atoms with Crippen molar-refractivity contribution in [1.82, 2.24) is 9.38 Å². The third kappa shape index (κ3) is 1.27. The number of pyridine rings is 1. The highest BCUT2D eigenvalue weighted by Crippen LogP contribution is 2.22. The number of imidazole rings is 1. The number of nitrogens with zero attached hydrogens (tertiary/aromatic N) is 2. The van der Waals surface area contributed by atoms with Crippen molar-refractivity contribution in [1.29, 1.82) is 0 Å². The van der Waals surface area contributed by atoms with E-state index in [0.29, 0.717) is 0 Å². The molecule has 0 radical (unpaired) electrons. The Kier molecular flexibility index (Phi) is 1.93. The van der Waals surface area contributed by atoms with E-state index in [9.17, 15) is 0 Å². The topological polar surface area (TPSA) is 39.7 Å². The molecule has 0 saturated carbocycles. The van der Waals surface area contributed by atoms with Crippen LogP contribution in [0.15, 0.2) is 47.3 Å². The molecule has 0 N–H and O–H groups in total. The summed E-state index contributed by atoms with van der Waals surface area (Å²) in [5, 5.41) is 0. The summed E-state index contributed by atoms with van der Waals surface area (Å²) >= 11 is 0. The Morgan fingerprint density at radius 2 is 2.31 bits per heavy atom. The molecule has 3 heterocycles. The largest absolute Gasteiger partial charge is 0.497 e. The molecule has 0 aliphatic heterocycles. The fraction of sp³-hybridized carbons (Fsp3) is 0.0833. The highest BCUT2D eigenvalue weighted by molar-refractivity contribution is 5.59. The van der Waals surface area contributed by atoms with Crippen LogP contribution in [0.5, 0.6) is 5.75 Å². The maximum absolute atomic E-state index is 5.33. The van der Waals surface area contributed by atoms with Crippen LogP contribution in [0.3, 0.4) is 0 Å². The van der Waals surface area contributed by atoms with Crippen LogP contribution in [-0.2, 0) is 0 Å². The second kappa shape index (κ2) is 3.41. The van der Waals surface area contributed by atoms with Gasteiger partial charge in [0.1, 0.15) is 5.75 Å². The van der Waals surface area contributed by atoms with E-state index in [-0.39, 0.29) is 0 Å². The van der Waals surface area contributed by atoms with Gasteiger partial charge in [-0.1, -0.05) is 0 Å². The first kappa shape index (κ1) is 9.03. The first-order valence-corrected chi connectivity index (χ1v) is 4.93. The van der Waals surface area contributed by atoms with E-state index < -0.39 is 0 Å². The zero-order chi connectivity index (χ0) is 11.0. The Hall–Kier alpha value is -2.23. The van der Waals surface area contributed by atoms with Crippen molar-refractivity contribution in [2.24, 2.45) is 0 Å². The Bertz CT molecular complexity index is 611. The van der Waals surface area contributed by atoms with Gasteiger partial charge in [-0.15, -0.1) is 0 Å². The monoisotopic (exact) mass is 214 g/mol. The average molecular weight is 214 g/mol. The van der Waals surface area contributed by atoms with Crippen molar-refractivity contribution in [3.8, 4) is 17.3 Å². The molecule has 0 aromatic carbocycles. The number of hydrogen-bond acceptors (Lipinski definition) is 3. The van der Waals surface area contributed by atoms with E-state index in [4.69, 9.17) is 9.15 Å². The first-order chi connectivity index (χ1) is 7.88. The van der Waals surface area contributed by atoms with Crippen LogP contribution in [0.4, 0.5) is 0 Å². The maximum atomic E-state index is 5.33. The molecular formula is C12H10N2O2. The summed E-state index contributed by atoms with van der Waals surface area (Å²) in [6.45, 7) is 0. The van der Waals surface area contributed by atoms with Crippen molar-refractivity contribution in [3.05, 3.63) is 42.9 Å². The molecule has 4 heteroatoms. The third-order valence-electron chi connectivity index (χ3n) is 2.48. The Labute approximate surface area is 92.1 Å². The van der Waals surface area contributed by atoms with Gasteiger partial charge in [0.2, 0.25) is 0 Å². The molecule has 0 fully saturated rings. The van der Waals surface area contributed by atoms with Gasteiger partial charge >= 0.3 is 0 Å². The lowest BCUT2D eigenvalue weighted by Crippen LogP contribution is -1.89. The fourth-order valence-electron chi connectivity index (χ4n) is 1.69. The number of ether oxygens (including phenoxy) is 1. The number of hydrogen-bond donors (Lipinski definition) is 0. The summed E-state index contributed by atoms with van der Waals surface area (Å²) in [5.74, 6) is 2.37. The molecule has 3 aromatic heterocycles. The molecule has 0 atom stereocenters. The quantitative estimate of drug-likeness (QED) is 0.658. The molecule has 3 aromatic rings. The minimum atomic E-state index is 0.755. The summed E-state index contributed by atoms with van der Waals surface area (Å²) in [6.07, 6.45) is 5.35. The molecule has 3 rings (SSSR count). The molecule has 0 spiro atoms. The maximum Gasteiger partial charge on any atom is 0.180 e. The van der Waals surface area contributed by atoms with Gasteiger partial charge in [-0.2, -0.15) is 0 Å². The van der Waals surface area contributed by atoms with Crippen molar-refractivity contribution in [3.63, 3.8) is 0 Å². The highest BCUT2D eigenvalue weighted by atomic mass is 16.5. The van der Waals surface area contributed by atoms with Gasteiger partial charge in [-0.05, 0) is 18.2 Å². The van der Waals surface area contributed by atoms with E-state index in [2.05, 4.69) is 4.98 Å². The standard InChI is InChI=1S/C12H10N2O2/c1-15-10-4-5-14-9(7-10)8-13-12(14)11-3-2-6-16-11/h2-8H,1H3. The zero-order valence-electron chi connectivity index (χ0n) is 8.75. The number of fused-ring (bicyclic) bond motifs is 1. The lowest BCUT2D eigenvalue weighted by molar-refractivity contribution is 0.414. The van der Waals surface area contributed by atoms with Crippen LogP contribution in [0.2, 0.25) is 0 Å². The predicted octanol–water partition coefficient (Wildman–Crippen LogP) is 2.60. The third-order valence-corrected chi connectivity index (χ3v) is 2.48. The summed E-state index contributed by atoms with van der Waals surface area (Å²) < 4.78 is 12.4.